The molecule has 0 spiro atoms. The maximum absolute atomic E-state index is 11.6. The topological polar surface area (TPSA) is 35.5 Å². The Balaban J connectivity index is 3.65. The van der Waals surface area contributed by atoms with E-state index in [2.05, 4.69) is 22.9 Å². The van der Waals surface area contributed by atoms with Crippen molar-refractivity contribution in [2.45, 2.75) is 39.0 Å². The van der Waals surface area contributed by atoms with Crippen LogP contribution >= 0.6 is 15.9 Å². The summed E-state index contributed by atoms with van der Waals surface area (Å²) >= 11 is 3.37. The average molecular weight is 295 g/mol. The first-order chi connectivity index (χ1) is 7.76. The molecule has 0 saturated heterocycles. The number of unbranched alkanes of at least 4 members (excludes halogenated alkanes) is 2. The van der Waals surface area contributed by atoms with Crippen LogP contribution in [0, 0.1) is 5.92 Å². The van der Waals surface area contributed by atoms with Crippen molar-refractivity contribution in [1.82, 2.24) is 0 Å². The van der Waals surface area contributed by atoms with Crippen molar-refractivity contribution >= 4 is 21.9 Å². The molecular weight excluding hydrogens is 272 g/mol. The summed E-state index contributed by atoms with van der Waals surface area (Å²) in [5.74, 6) is -0.200. The van der Waals surface area contributed by atoms with Gasteiger partial charge in [0.15, 0.2) is 0 Å². The molecule has 0 aliphatic carbocycles. The minimum absolute atomic E-state index is 0.0915. The molecule has 4 heteroatoms. The number of hydrogen-bond acceptors (Lipinski definition) is 3. The molecule has 0 aliphatic rings. The highest BCUT2D eigenvalue weighted by Gasteiger charge is 2.18. The van der Waals surface area contributed by atoms with Crippen LogP contribution in [-0.2, 0) is 14.3 Å². The van der Waals surface area contributed by atoms with Crippen molar-refractivity contribution < 1.29 is 14.3 Å². The van der Waals surface area contributed by atoms with E-state index in [4.69, 9.17) is 9.47 Å². The van der Waals surface area contributed by atoms with Crippen molar-refractivity contribution in [3.05, 3.63) is 0 Å². The third-order valence-electron chi connectivity index (χ3n) is 2.36. The molecule has 0 radical (unpaired) electrons. The summed E-state index contributed by atoms with van der Waals surface area (Å²) in [6, 6.07) is 0. The summed E-state index contributed by atoms with van der Waals surface area (Å²) in [6.45, 7) is 3.07. The van der Waals surface area contributed by atoms with Gasteiger partial charge in [-0.3, -0.25) is 4.79 Å². The minimum atomic E-state index is -0.109. The van der Waals surface area contributed by atoms with Gasteiger partial charge in [0.05, 0.1) is 19.1 Å². The van der Waals surface area contributed by atoms with Gasteiger partial charge in [-0.25, -0.2) is 0 Å². The summed E-state index contributed by atoms with van der Waals surface area (Å²) in [5.41, 5.74) is 0. The predicted octanol–water partition coefficient (Wildman–Crippen LogP) is 3.16. The highest BCUT2D eigenvalue weighted by atomic mass is 79.9. The molecule has 96 valence electrons. The van der Waals surface area contributed by atoms with Gasteiger partial charge < -0.3 is 9.47 Å². The second kappa shape index (κ2) is 11.4. The number of halogens is 1. The monoisotopic (exact) mass is 294 g/mol. The van der Waals surface area contributed by atoms with Gasteiger partial charge in [-0.1, -0.05) is 29.3 Å². The third-order valence-corrected chi connectivity index (χ3v) is 2.92. The molecule has 0 fully saturated rings. The van der Waals surface area contributed by atoms with Gasteiger partial charge in [0.1, 0.15) is 0 Å². The van der Waals surface area contributed by atoms with E-state index in [0.717, 1.165) is 37.4 Å². The van der Waals surface area contributed by atoms with Crippen LogP contribution in [0.2, 0.25) is 0 Å². The number of esters is 1. The largest absolute Gasteiger partial charge is 0.465 e. The molecule has 0 rings (SSSR count). The summed E-state index contributed by atoms with van der Waals surface area (Å²) in [7, 11) is 1.62. The molecule has 0 aromatic carbocycles. The second-order valence-electron chi connectivity index (χ2n) is 3.86. The molecule has 0 heterocycles. The van der Waals surface area contributed by atoms with E-state index < -0.39 is 0 Å². The average Bonchev–Trinajstić information content (AvgIpc) is 2.28. The van der Waals surface area contributed by atoms with Gasteiger partial charge in [-0.05, 0) is 25.7 Å². The number of methoxy groups -OCH3 is 1. The van der Waals surface area contributed by atoms with Gasteiger partial charge in [0.2, 0.25) is 0 Å². The Labute approximate surface area is 107 Å². The molecule has 0 aromatic rings. The minimum Gasteiger partial charge on any atom is -0.465 e. The number of hydrogen-bond donors (Lipinski definition) is 0. The van der Waals surface area contributed by atoms with Crippen molar-refractivity contribution in [2.24, 2.45) is 5.92 Å². The fourth-order valence-electron chi connectivity index (χ4n) is 1.48. The molecule has 1 unspecified atom stereocenters. The van der Waals surface area contributed by atoms with Crippen molar-refractivity contribution in [3.63, 3.8) is 0 Å². The van der Waals surface area contributed by atoms with Crippen LogP contribution in [0.15, 0.2) is 0 Å². The maximum Gasteiger partial charge on any atom is 0.311 e. The normalized spacial score (nSPS) is 12.4. The van der Waals surface area contributed by atoms with Crippen molar-refractivity contribution in [1.29, 1.82) is 0 Å². The first-order valence-electron chi connectivity index (χ1n) is 5.97. The van der Waals surface area contributed by atoms with E-state index in [1.54, 1.807) is 7.11 Å². The van der Waals surface area contributed by atoms with E-state index >= 15 is 0 Å². The lowest BCUT2D eigenvalue weighted by atomic mass is 10.1. The number of carbonyl (C=O) groups is 1. The maximum atomic E-state index is 11.6. The Morgan fingerprint density at radius 3 is 2.62 bits per heavy atom. The van der Waals surface area contributed by atoms with E-state index in [1.807, 2.05) is 0 Å². The Bertz CT molecular complexity index is 168. The molecular formula is C12H23BrO3. The van der Waals surface area contributed by atoms with Crippen LogP contribution in [0.25, 0.3) is 0 Å². The standard InChI is InChI=1S/C12H23BrO3/c1-3-7-11(10-15-2)12(14)16-9-6-4-5-8-13/h11H,3-10H2,1-2H3. The van der Waals surface area contributed by atoms with Crippen LogP contribution in [0.3, 0.4) is 0 Å². The molecule has 0 aliphatic heterocycles. The van der Waals surface area contributed by atoms with Gasteiger partial charge in [-0.15, -0.1) is 0 Å². The molecule has 3 nitrogen and oxygen atoms in total. The highest BCUT2D eigenvalue weighted by Crippen LogP contribution is 2.10. The number of carbonyl (C=O) groups excluding carboxylic acids is 1. The summed E-state index contributed by atoms with van der Waals surface area (Å²) in [4.78, 5) is 11.6. The third kappa shape index (κ3) is 8.11. The second-order valence-corrected chi connectivity index (χ2v) is 4.65. The highest BCUT2D eigenvalue weighted by molar-refractivity contribution is 9.09. The predicted molar refractivity (Wildman–Crippen MR) is 68.9 cm³/mol. The Hall–Kier alpha value is -0.0900. The summed E-state index contributed by atoms with van der Waals surface area (Å²) in [5, 5.41) is 1.02. The Morgan fingerprint density at radius 1 is 1.31 bits per heavy atom. The molecule has 0 amide bonds. The SMILES string of the molecule is CCCC(COC)C(=O)OCCCCCBr. The number of ether oxygens (including phenoxy) is 2. The Morgan fingerprint density at radius 2 is 2.06 bits per heavy atom. The van der Waals surface area contributed by atoms with Gasteiger partial charge in [0.25, 0.3) is 0 Å². The molecule has 1 atom stereocenters. The van der Waals surface area contributed by atoms with Gasteiger partial charge in [0, 0.05) is 12.4 Å². The lowest BCUT2D eigenvalue weighted by Crippen LogP contribution is -2.22. The van der Waals surface area contributed by atoms with E-state index in [-0.39, 0.29) is 11.9 Å². The quantitative estimate of drug-likeness (QED) is 0.353. The molecule has 0 N–H and O–H groups in total. The lowest BCUT2D eigenvalue weighted by Gasteiger charge is -2.14. The van der Waals surface area contributed by atoms with Crippen LogP contribution in [0.4, 0.5) is 0 Å². The fourth-order valence-corrected chi connectivity index (χ4v) is 1.88. The zero-order chi connectivity index (χ0) is 12.2. The van der Waals surface area contributed by atoms with Crippen LogP contribution in [0.5, 0.6) is 0 Å². The fraction of sp³-hybridized carbons (Fsp3) is 0.917. The van der Waals surface area contributed by atoms with E-state index in [1.165, 1.54) is 0 Å². The Kier molecular flexibility index (Phi) is 11.3. The van der Waals surface area contributed by atoms with Crippen molar-refractivity contribution in [2.75, 3.05) is 25.7 Å². The zero-order valence-corrected chi connectivity index (χ0v) is 11.9. The van der Waals surface area contributed by atoms with Crippen molar-refractivity contribution in [3.8, 4) is 0 Å². The molecule has 0 aromatic heterocycles. The summed E-state index contributed by atoms with van der Waals surface area (Å²) in [6.07, 6.45) is 5.00. The number of rotatable bonds is 10. The van der Waals surface area contributed by atoms with Crippen LogP contribution < -0.4 is 0 Å². The van der Waals surface area contributed by atoms with Gasteiger partial charge in [-0.2, -0.15) is 0 Å². The smallest absolute Gasteiger partial charge is 0.311 e. The first-order valence-corrected chi connectivity index (χ1v) is 7.09. The van der Waals surface area contributed by atoms with Crippen LogP contribution in [0.1, 0.15) is 39.0 Å². The first kappa shape index (κ1) is 15.9. The molecule has 0 bridgehead atoms. The van der Waals surface area contributed by atoms with E-state index in [9.17, 15) is 4.79 Å². The number of alkyl halides is 1. The zero-order valence-electron chi connectivity index (χ0n) is 10.3. The van der Waals surface area contributed by atoms with Gasteiger partial charge >= 0.3 is 5.97 Å². The molecule has 0 saturated carbocycles. The van der Waals surface area contributed by atoms with Crippen LogP contribution in [-0.4, -0.2) is 31.6 Å². The molecule has 16 heavy (non-hydrogen) atoms. The summed E-state index contributed by atoms with van der Waals surface area (Å²) < 4.78 is 10.2. The lowest BCUT2D eigenvalue weighted by molar-refractivity contribution is -0.150. The van der Waals surface area contributed by atoms with E-state index in [0.29, 0.717) is 13.2 Å².